The Labute approximate surface area is 106 Å². The molecule has 1 heterocycles. The molecule has 1 aromatic rings. The molecule has 5 nitrogen and oxygen atoms in total. The van der Waals surface area contributed by atoms with E-state index >= 15 is 0 Å². The molecule has 1 fully saturated rings. The summed E-state index contributed by atoms with van der Waals surface area (Å²) in [6.45, 7) is 1.76. The van der Waals surface area contributed by atoms with Crippen LogP contribution in [0.3, 0.4) is 0 Å². The molecule has 5 heteroatoms. The first-order valence-electron chi connectivity index (χ1n) is 6.03. The van der Waals surface area contributed by atoms with Crippen molar-refractivity contribution < 1.29 is 14.3 Å². The van der Waals surface area contributed by atoms with E-state index in [4.69, 9.17) is 9.47 Å². The highest BCUT2D eigenvalue weighted by Gasteiger charge is 2.15. The summed E-state index contributed by atoms with van der Waals surface area (Å²) in [6, 6.07) is 7.59. The second kappa shape index (κ2) is 6.37. The topological polar surface area (TPSA) is 59.6 Å². The minimum absolute atomic E-state index is 0.0600. The normalized spacial score (nSPS) is 18.6. The highest BCUT2D eigenvalue weighted by molar-refractivity contribution is 5.92. The van der Waals surface area contributed by atoms with Gasteiger partial charge in [-0.2, -0.15) is 0 Å². The lowest BCUT2D eigenvalue weighted by Gasteiger charge is -2.11. The van der Waals surface area contributed by atoms with Crippen molar-refractivity contribution in [1.29, 1.82) is 0 Å². The molecule has 0 radical (unpaired) electrons. The fraction of sp³-hybridized carbons (Fsp3) is 0.462. The number of ether oxygens (including phenoxy) is 2. The molecule has 0 aliphatic carbocycles. The largest absolute Gasteiger partial charge is 0.497 e. The first kappa shape index (κ1) is 12.9. The molecule has 1 unspecified atom stereocenters. The summed E-state index contributed by atoms with van der Waals surface area (Å²) in [4.78, 5) is 11.7. The maximum Gasteiger partial charge on any atom is 0.238 e. The minimum Gasteiger partial charge on any atom is -0.497 e. The van der Waals surface area contributed by atoms with E-state index < -0.39 is 0 Å². The highest BCUT2D eigenvalue weighted by atomic mass is 16.5. The van der Waals surface area contributed by atoms with Crippen LogP contribution >= 0.6 is 0 Å². The van der Waals surface area contributed by atoms with Gasteiger partial charge in [0.05, 0.1) is 20.3 Å². The number of hydrogen-bond acceptors (Lipinski definition) is 4. The molecule has 2 N–H and O–H groups in total. The Hall–Kier alpha value is -1.59. The predicted molar refractivity (Wildman–Crippen MR) is 68.9 cm³/mol. The predicted octanol–water partition coefficient (Wildman–Crippen LogP) is 1.01. The number of rotatable bonds is 5. The molecule has 1 aliphatic rings. The van der Waals surface area contributed by atoms with E-state index in [1.54, 1.807) is 13.2 Å². The lowest BCUT2D eigenvalue weighted by atomic mass is 10.2. The van der Waals surface area contributed by atoms with Crippen molar-refractivity contribution in [2.45, 2.75) is 12.5 Å². The third kappa shape index (κ3) is 3.72. The zero-order valence-corrected chi connectivity index (χ0v) is 10.4. The lowest BCUT2D eigenvalue weighted by molar-refractivity contribution is -0.115. The van der Waals surface area contributed by atoms with Gasteiger partial charge in [0.2, 0.25) is 5.91 Å². The first-order chi connectivity index (χ1) is 8.78. The molecule has 0 bridgehead atoms. The van der Waals surface area contributed by atoms with E-state index in [0.717, 1.165) is 24.5 Å². The Kier molecular flexibility index (Phi) is 4.55. The molecule has 2 rings (SSSR count). The third-order valence-electron chi connectivity index (χ3n) is 2.83. The van der Waals surface area contributed by atoms with Gasteiger partial charge in [0.15, 0.2) is 0 Å². The molecular formula is C13H18N2O3. The van der Waals surface area contributed by atoms with Crippen LogP contribution in [0.2, 0.25) is 0 Å². The molecule has 0 aromatic heterocycles. The van der Waals surface area contributed by atoms with Crippen LogP contribution in [-0.4, -0.2) is 38.8 Å². The Bertz CT molecular complexity index is 403. The molecule has 1 saturated heterocycles. The Morgan fingerprint density at radius 2 is 2.44 bits per heavy atom. The van der Waals surface area contributed by atoms with Crippen molar-refractivity contribution >= 4 is 11.6 Å². The fourth-order valence-electron chi connectivity index (χ4n) is 1.84. The summed E-state index contributed by atoms with van der Waals surface area (Å²) in [5, 5.41) is 5.98. The molecule has 98 valence electrons. The van der Waals surface area contributed by atoms with Crippen LogP contribution < -0.4 is 15.4 Å². The lowest BCUT2D eigenvalue weighted by Crippen LogP contribution is -2.36. The molecule has 1 amide bonds. The Balaban J connectivity index is 1.78. The highest BCUT2D eigenvalue weighted by Crippen LogP contribution is 2.16. The van der Waals surface area contributed by atoms with Gasteiger partial charge in [-0.3, -0.25) is 4.79 Å². The number of carbonyl (C=O) groups is 1. The number of benzene rings is 1. The van der Waals surface area contributed by atoms with Gasteiger partial charge in [-0.15, -0.1) is 0 Å². The number of amides is 1. The number of nitrogens with one attached hydrogen (secondary N) is 2. The molecule has 18 heavy (non-hydrogen) atoms. The summed E-state index contributed by atoms with van der Waals surface area (Å²) >= 11 is 0. The van der Waals surface area contributed by atoms with E-state index in [2.05, 4.69) is 10.6 Å². The summed E-state index contributed by atoms with van der Waals surface area (Å²) in [7, 11) is 1.60. The van der Waals surface area contributed by atoms with Gasteiger partial charge in [-0.25, -0.2) is 0 Å². The average molecular weight is 250 g/mol. The number of hydrogen-bond donors (Lipinski definition) is 2. The van der Waals surface area contributed by atoms with E-state index in [1.165, 1.54) is 0 Å². The summed E-state index contributed by atoms with van der Waals surface area (Å²) in [5.41, 5.74) is 0.740. The van der Waals surface area contributed by atoms with Crippen molar-refractivity contribution in [1.82, 2.24) is 5.32 Å². The quantitative estimate of drug-likeness (QED) is 0.819. The molecule has 1 aliphatic heterocycles. The van der Waals surface area contributed by atoms with Crippen LogP contribution in [0.1, 0.15) is 6.42 Å². The first-order valence-corrected chi connectivity index (χ1v) is 6.03. The van der Waals surface area contributed by atoms with Gasteiger partial charge < -0.3 is 20.1 Å². The standard InChI is InChI=1S/C13H18N2O3/c1-17-12-4-2-3-10(7-12)15-13(16)8-14-11-5-6-18-9-11/h2-4,7,11,14H,5-6,8-9H2,1H3,(H,15,16). The summed E-state index contributed by atoms with van der Waals surface area (Å²) in [5.74, 6) is 0.667. The van der Waals surface area contributed by atoms with E-state index in [9.17, 15) is 4.79 Å². The molecule has 1 atom stereocenters. The van der Waals surface area contributed by atoms with E-state index in [-0.39, 0.29) is 5.91 Å². The summed E-state index contributed by atoms with van der Waals surface area (Å²) in [6.07, 6.45) is 0.965. The van der Waals surface area contributed by atoms with Gasteiger partial charge >= 0.3 is 0 Å². The second-order valence-electron chi connectivity index (χ2n) is 4.22. The Morgan fingerprint density at radius 1 is 1.56 bits per heavy atom. The molecular weight excluding hydrogens is 232 g/mol. The number of carbonyl (C=O) groups excluding carboxylic acids is 1. The van der Waals surface area contributed by atoms with Crippen molar-refractivity contribution in [3.63, 3.8) is 0 Å². The van der Waals surface area contributed by atoms with Crippen LogP contribution in [0.4, 0.5) is 5.69 Å². The zero-order valence-electron chi connectivity index (χ0n) is 10.4. The Morgan fingerprint density at radius 3 is 3.17 bits per heavy atom. The molecule has 0 spiro atoms. The van der Waals surface area contributed by atoms with Crippen LogP contribution in [0, 0.1) is 0 Å². The monoisotopic (exact) mass is 250 g/mol. The van der Waals surface area contributed by atoms with Gasteiger partial charge in [-0.1, -0.05) is 6.07 Å². The van der Waals surface area contributed by atoms with Crippen molar-refractivity contribution in [2.24, 2.45) is 0 Å². The summed E-state index contributed by atoms with van der Waals surface area (Å²) < 4.78 is 10.3. The second-order valence-corrected chi connectivity index (χ2v) is 4.22. The van der Waals surface area contributed by atoms with Crippen molar-refractivity contribution in [2.75, 3.05) is 32.2 Å². The van der Waals surface area contributed by atoms with Gasteiger partial charge in [0, 0.05) is 24.4 Å². The van der Waals surface area contributed by atoms with Gasteiger partial charge in [-0.05, 0) is 18.6 Å². The zero-order chi connectivity index (χ0) is 12.8. The van der Waals surface area contributed by atoms with Crippen molar-refractivity contribution in [3.05, 3.63) is 24.3 Å². The fourth-order valence-corrected chi connectivity index (χ4v) is 1.84. The van der Waals surface area contributed by atoms with Crippen LogP contribution in [0.5, 0.6) is 5.75 Å². The van der Waals surface area contributed by atoms with Gasteiger partial charge in [0.1, 0.15) is 5.75 Å². The SMILES string of the molecule is COc1cccc(NC(=O)CNC2CCOC2)c1. The van der Waals surface area contributed by atoms with Crippen LogP contribution in [0.25, 0.3) is 0 Å². The molecule has 0 saturated carbocycles. The van der Waals surface area contributed by atoms with Crippen molar-refractivity contribution in [3.8, 4) is 5.75 Å². The smallest absolute Gasteiger partial charge is 0.238 e. The van der Waals surface area contributed by atoms with E-state index in [0.29, 0.717) is 19.2 Å². The maximum absolute atomic E-state index is 11.7. The van der Waals surface area contributed by atoms with Gasteiger partial charge in [0.25, 0.3) is 0 Å². The van der Waals surface area contributed by atoms with Crippen LogP contribution in [-0.2, 0) is 9.53 Å². The van der Waals surface area contributed by atoms with Crippen LogP contribution in [0.15, 0.2) is 24.3 Å². The molecule has 1 aromatic carbocycles. The number of methoxy groups -OCH3 is 1. The maximum atomic E-state index is 11.7. The average Bonchev–Trinajstić information content (AvgIpc) is 2.90. The third-order valence-corrected chi connectivity index (χ3v) is 2.83. The minimum atomic E-state index is -0.0600. The van der Waals surface area contributed by atoms with E-state index in [1.807, 2.05) is 18.2 Å². The number of anilines is 1.